The number of halogens is 1. The Balaban J connectivity index is 1.59. The lowest BCUT2D eigenvalue weighted by molar-refractivity contribution is 0.111. The van der Waals surface area contributed by atoms with Crippen molar-refractivity contribution in [2.75, 3.05) is 39.8 Å². The number of carbonyl (C=O) groups excluding carboxylic acids is 1. The zero-order valence-electron chi connectivity index (χ0n) is 15.0. The number of hydrogen-bond donors (Lipinski definition) is 2. The van der Waals surface area contributed by atoms with Gasteiger partial charge in [-0.3, -0.25) is 4.90 Å². The van der Waals surface area contributed by atoms with E-state index >= 15 is 0 Å². The SMILES string of the molecule is CN1CCN([C@H](CNC(=O)NCc2cccs2)c2ccc(F)cc2)CC1. The largest absolute Gasteiger partial charge is 0.336 e. The Hall–Kier alpha value is -1.96. The summed E-state index contributed by atoms with van der Waals surface area (Å²) in [5.41, 5.74) is 1.02. The molecule has 2 aromatic rings. The van der Waals surface area contributed by atoms with Crippen molar-refractivity contribution in [3.8, 4) is 0 Å². The lowest BCUT2D eigenvalue weighted by Crippen LogP contribution is -2.49. The molecule has 3 rings (SSSR count). The van der Waals surface area contributed by atoms with Gasteiger partial charge in [0.2, 0.25) is 0 Å². The summed E-state index contributed by atoms with van der Waals surface area (Å²) in [6, 6.07) is 10.4. The summed E-state index contributed by atoms with van der Waals surface area (Å²) >= 11 is 1.62. The summed E-state index contributed by atoms with van der Waals surface area (Å²) in [7, 11) is 2.11. The molecule has 0 spiro atoms. The molecule has 0 unspecified atom stereocenters. The Kier molecular flexibility index (Phi) is 6.60. The molecule has 26 heavy (non-hydrogen) atoms. The van der Waals surface area contributed by atoms with Crippen molar-refractivity contribution in [3.63, 3.8) is 0 Å². The first-order chi connectivity index (χ1) is 12.6. The number of nitrogens with zero attached hydrogens (tertiary/aromatic N) is 2. The van der Waals surface area contributed by atoms with Crippen LogP contribution in [-0.4, -0.2) is 55.6 Å². The van der Waals surface area contributed by atoms with E-state index in [9.17, 15) is 9.18 Å². The molecular formula is C19H25FN4OS. The van der Waals surface area contributed by atoms with Crippen LogP contribution in [0.1, 0.15) is 16.5 Å². The number of nitrogens with one attached hydrogen (secondary N) is 2. The van der Waals surface area contributed by atoms with Crippen LogP contribution in [0.5, 0.6) is 0 Å². The zero-order chi connectivity index (χ0) is 18.4. The van der Waals surface area contributed by atoms with Crippen molar-refractivity contribution in [1.82, 2.24) is 20.4 Å². The topological polar surface area (TPSA) is 47.6 Å². The molecule has 1 aromatic heterocycles. The number of thiophene rings is 1. The van der Waals surface area contributed by atoms with Crippen LogP contribution in [-0.2, 0) is 6.54 Å². The number of urea groups is 1. The Morgan fingerprint density at radius 1 is 1.15 bits per heavy atom. The standard InChI is InChI=1S/C19H25FN4OS/c1-23-8-10-24(11-9-23)18(15-4-6-16(20)7-5-15)14-22-19(25)21-13-17-3-2-12-26-17/h2-7,12,18H,8-11,13-14H2,1H3,(H2,21,22,25)/t18-/m1/s1. The van der Waals surface area contributed by atoms with Crippen molar-refractivity contribution in [1.29, 1.82) is 0 Å². The van der Waals surface area contributed by atoms with Gasteiger partial charge in [-0.25, -0.2) is 9.18 Å². The fourth-order valence-electron chi connectivity index (χ4n) is 3.11. The molecule has 1 aliphatic rings. The van der Waals surface area contributed by atoms with E-state index in [-0.39, 0.29) is 17.9 Å². The van der Waals surface area contributed by atoms with E-state index in [1.165, 1.54) is 12.1 Å². The van der Waals surface area contributed by atoms with Gasteiger partial charge in [0.15, 0.2) is 0 Å². The summed E-state index contributed by atoms with van der Waals surface area (Å²) in [6.45, 7) is 4.85. The van der Waals surface area contributed by atoms with Gasteiger partial charge < -0.3 is 15.5 Å². The molecule has 7 heteroatoms. The third-order valence-electron chi connectivity index (χ3n) is 4.69. The van der Waals surface area contributed by atoms with Gasteiger partial charge in [-0.15, -0.1) is 11.3 Å². The van der Waals surface area contributed by atoms with Gasteiger partial charge in [0, 0.05) is 37.6 Å². The summed E-state index contributed by atoms with van der Waals surface area (Å²) < 4.78 is 13.3. The molecule has 0 radical (unpaired) electrons. The van der Waals surface area contributed by atoms with E-state index in [0.29, 0.717) is 13.1 Å². The maximum Gasteiger partial charge on any atom is 0.315 e. The summed E-state index contributed by atoms with van der Waals surface area (Å²) in [5, 5.41) is 7.85. The zero-order valence-corrected chi connectivity index (χ0v) is 15.8. The van der Waals surface area contributed by atoms with Crippen LogP contribution in [0, 0.1) is 5.82 Å². The third-order valence-corrected chi connectivity index (χ3v) is 5.57. The normalized spacial score (nSPS) is 17.0. The Bertz CT molecular complexity index is 684. The van der Waals surface area contributed by atoms with E-state index < -0.39 is 0 Å². The van der Waals surface area contributed by atoms with Crippen LogP contribution in [0.3, 0.4) is 0 Å². The van der Waals surface area contributed by atoms with Crippen molar-refractivity contribution in [2.45, 2.75) is 12.6 Å². The van der Waals surface area contributed by atoms with E-state index in [4.69, 9.17) is 0 Å². The quantitative estimate of drug-likeness (QED) is 0.815. The summed E-state index contributed by atoms with van der Waals surface area (Å²) in [6.07, 6.45) is 0. The lowest BCUT2D eigenvalue weighted by Gasteiger charge is -2.38. The molecule has 0 bridgehead atoms. The minimum absolute atomic E-state index is 0.0387. The average molecular weight is 377 g/mol. The average Bonchev–Trinajstić information content (AvgIpc) is 3.16. The van der Waals surface area contributed by atoms with Gasteiger partial charge >= 0.3 is 6.03 Å². The van der Waals surface area contributed by atoms with Crippen molar-refractivity contribution < 1.29 is 9.18 Å². The Morgan fingerprint density at radius 3 is 2.54 bits per heavy atom. The highest BCUT2D eigenvalue weighted by Gasteiger charge is 2.24. The van der Waals surface area contributed by atoms with Gasteiger partial charge in [0.05, 0.1) is 12.6 Å². The first-order valence-corrected chi connectivity index (χ1v) is 9.72. The molecule has 5 nitrogen and oxygen atoms in total. The van der Waals surface area contributed by atoms with Crippen LogP contribution in [0.2, 0.25) is 0 Å². The lowest BCUT2D eigenvalue weighted by atomic mass is 10.0. The molecule has 140 valence electrons. The van der Waals surface area contributed by atoms with Gasteiger partial charge in [-0.2, -0.15) is 0 Å². The first kappa shape index (κ1) is 18.8. The number of amides is 2. The molecule has 2 heterocycles. The van der Waals surface area contributed by atoms with E-state index in [0.717, 1.165) is 36.6 Å². The smallest absolute Gasteiger partial charge is 0.315 e. The van der Waals surface area contributed by atoms with Crippen LogP contribution >= 0.6 is 11.3 Å². The van der Waals surface area contributed by atoms with Gasteiger partial charge in [0.25, 0.3) is 0 Å². The van der Waals surface area contributed by atoms with Crippen LogP contribution in [0.25, 0.3) is 0 Å². The third kappa shape index (κ3) is 5.27. The molecule has 1 aliphatic heterocycles. The number of hydrogen-bond acceptors (Lipinski definition) is 4. The second-order valence-corrected chi connectivity index (χ2v) is 7.58. The maximum absolute atomic E-state index is 13.3. The molecule has 2 N–H and O–H groups in total. The van der Waals surface area contributed by atoms with Crippen LogP contribution in [0.4, 0.5) is 9.18 Å². The predicted octanol–water partition coefficient (Wildman–Crippen LogP) is 2.68. The molecular weight excluding hydrogens is 351 g/mol. The molecule has 1 fully saturated rings. The summed E-state index contributed by atoms with van der Waals surface area (Å²) in [4.78, 5) is 17.9. The van der Waals surface area contributed by atoms with Crippen molar-refractivity contribution in [3.05, 3.63) is 58.0 Å². The van der Waals surface area contributed by atoms with Crippen molar-refractivity contribution >= 4 is 17.4 Å². The maximum atomic E-state index is 13.3. The second kappa shape index (κ2) is 9.12. The molecule has 2 amide bonds. The fourth-order valence-corrected chi connectivity index (χ4v) is 3.75. The number of piperazine rings is 1. The number of rotatable bonds is 6. The van der Waals surface area contributed by atoms with E-state index in [1.807, 2.05) is 29.6 Å². The number of carbonyl (C=O) groups is 1. The van der Waals surface area contributed by atoms with Crippen LogP contribution in [0.15, 0.2) is 41.8 Å². The molecule has 0 saturated carbocycles. The fraction of sp³-hybridized carbons (Fsp3) is 0.421. The number of benzene rings is 1. The molecule has 1 saturated heterocycles. The Morgan fingerprint density at radius 2 is 1.88 bits per heavy atom. The second-order valence-electron chi connectivity index (χ2n) is 6.55. The minimum atomic E-state index is -0.243. The minimum Gasteiger partial charge on any atom is -0.336 e. The summed E-state index contributed by atoms with van der Waals surface area (Å²) in [5.74, 6) is -0.243. The van der Waals surface area contributed by atoms with Gasteiger partial charge in [-0.05, 0) is 36.2 Å². The van der Waals surface area contributed by atoms with E-state index in [2.05, 4.69) is 27.5 Å². The highest BCUT2D eigenvalue weighted by Crippen LogP contribution is 2.22. The van der Waals surface area contributed by atoms with Gasteiger partial charge in [0.1, 0.15) is 5.82 Å². The number of likely N-dealkylation sites (N-methyl/N-ethyl adjacent to an activating group) is 1. The van der Waals surface area contributed by atoms with E-state index in [1.54, 1.807) is 11.3 Å². The highest BCUT2D eigenvalue weighted by molar-refractivity contribution is 7.09. The molecule has 1 aromatic carbocycles. The predicted molar refractivity (Wildman–Crippen MR) is 103 cm³/mol. The van der Waals surface area contributed by atoms with Gasteiger partial charge in [-0.1, -0.05) is 18.2 Å². The first-order valence-electron chi connectivity index (χ1n) is 8.84. The molecule has 0 aliphatic carbocycles. The monoisotopic (exact) mass is 376 g/mol. The van der Waals surface area contributed by atoms with Crippen molar-refractivity contribution in [2.24, 2.45) is 0 Å². The Labute approximate surface area is 157 Å². The van der Waals surface area contributed by atoms with Crippen LogP contribution < -0.4 is 10.6 Å². The molecule has 1 atom stereocenters. The highest BCUT2D eigenvalue weighted by atomic mass is 32.1.